The molecule has 2 N–H and O–H groups in total. The molecule has 0 spiro atoms. The number of hydrogen-bond donors (Lipinski definition) is 2. The highest BCUT2D eigenvalue weighted by Gasteiger charge is 2.34. The summed E-state index contributed by atoms with van der Waals surface area (Å²) in [6.07, 6.45) is 5.56. The number of nitrogens with one attached hydrogen (secondary N) is 2. The van der Waals surface area contributed by atoms with Crippen molar-refractivity contribution < 1.29 is 17.5 Å². The number of aromatic nitrogens is 2. The van der Waals surface area contributed by atoms with Crippen molar-refractivity contribution in [1.82, 2.24) is 19.6 Å². The number of hydrogen-bond acceptors (Lipinski definition) is 5. The first-order valence-electron chi connectivity index (χ1n) is 10.2. The van der Waals surface area contributed by atoms with Gasteiger partial charge in [-0.15, -0.1) is 0 Å². The maximum Gasteiger partial charge on any atom is 0.209 e. The van der Waals surface area contributed by atoms with Crippen molar-refractivity contribution in [3.8, 4) is 16.9 Å². The molecule has 4 rings (SSSR count). The first kappa shape index (κ1) is 21.7. The maximum absolute atomic E-state index is 15.2. The third kappa shape index (κ3) is 5.23. The quantitative estimate of drug-likeness (QED) is 0.582. The Labute approximate surface area is 181 Å². The number of sulfonamides is 1. The molecule has 0 unspecified atom stereocenters. The number of likely N-dealkylation sites (tertiary alicyclic amines) is 1. The first-order valence-corrected chi connectivity index (χ1v) is 12.1. The van der Waals surface area contributed by atoms with Gasteiger partial charge in [-0.05, 0) is 37.1 Å². The van der Waals surface area contributed by atoms with Crippen LogP contribution >= 0.6 is 0 Å². The van der Waals surface area contributed by atoms with Crippen LogP contribution < -0.4 is 9.46 Å². The zero-order chi connectivity index (χ0) is 22.1. The van der Waals surface area contributed by atoms with E-state index in [0.717, 1.165) is 41.4 Å². The summed E-state index contributed by atoms with van der Waals surface area (Å²) in [6.45, 7) is 1.69. The van der Waals surface area contributed by atoms with Gasteiger partial charge in [-0.3, -0.25) is 0 Å². The van der Waals surface area contributed by atoms with E-state index in [4.69, 9.17) is 4.74 Å². The van der Waals surface area contributed by atoms with E-state index >= 15 is 4.39 Å². The molecule has 0 atom stereocenters. The van der Waals surface area contributed by atoms with Crippen LogP contribution in [0.2, 0.25) is 0 Å². The van der Waals surface area contributed by atoms with Crippen LogP contribution in [0.1, 0.15) is 18.4 Å². The van der Waals surface area contributed by atoms with Crippen LogP contribution in [-0.4, -0.2) is 62.0 Å². The minimum absolute atomic E-state index is 0.0146. The van der Waals surface area contributed by atoms with Gasteiger partial charge in [0.05, 0.1) is 11.6 Å². The average molecular weight is 447 g/mol. The SMILES string of the molecule is CN1CCC(F)(COc2ccnc3[nH]cc(-c4ccc(CNS(C)(=O)=O)cc4)c23)CC1. The van der Waals surface area contributed by atoms with Crippen molar-refractivity contribution in [3.63, 3.8) is 0 Å². The second kappa shape index (κ2) is 8.57. The normalized spacial score (nSPS) is 17.1. The number of alkyl halides is 1. The highest BCUT2D eigenvalue weighted by molar-refractivity contribution is 7.88. The van der Waals surface area contributed by atoms with Crippen molar-refractivity contribution in [2.45, 2.75) is 25.1 Å². The molecule has 31 heavy (non-hydrogen) atoms. The van der Waals surface area contributed by atoms with Gasteiger partial charge in [-0.25, -0.2) is 22.5 Å². The molecule has 0 aliphatic carbocycles. The van der Waals surface area contributed by atoms with Crippen molar-refractivity contribution in [2.24, 2.45) is 0 Å². The monoisotopic (exact) mass is 446 g/mol. The molecule has 0 bridgehead atoms. The summed E-state index contributed by atoms with van der Waals surface area (Å²) in [5, 5.41) is 0.807. The summed E-state index contributed by atoms with van der Waals surface area (Å²) in [5.74, 6) is 0.597. The lowest BCUT2D eigenvalue weighted by molar-refractivity contribution is 0.0249. The second-order valence-electron chi connectivity index (χ2n) is 8.27. The maximum atomic E-state index is 15.2. The number of fused-ring (bicyclic) bond motifs is 1. The van der Waals surface area contributed by atoms with E-state index in [1.54, 1.807) is 12.3 Å². The number of piperidine rings is 1. The van der Waals surface area contributed by atoms with Crippen LogP contribution in [0.3, 0.4) is 0 Å². The molecule has 1 aliphatic heterocycles. The molecule has 7 nitrogen and oxygen atoms in total. The van der Waals surface area contributed by atoms with Crippen LogP contribution in [0.5, 0.6) is 5.75 Å². The van der Waals surface area contributed by atoms with Gasteiger partial charge >= 0.3 is 0 Å². The third-order valence-corrected chi connectivity index (χ3v) is 6.38. The second-order valence-corrected chi connectivity index (χ2v) is 10.1. The van der Waals surface area contributed by atoms with E-state index in [-0.39, 0.29) is 13.2 Å². The van der Waals surface area contributed by atoms with E-state index in [0.29, 0.717) is 24.2 Å². The van der Waals surface area contributed by atoms with E-state index in [2.05, 4.69) is 19.6 Å². The van der Waals surface area contributed by atoms with Crippen LogP contribution in [0, 0.1) is 0 Å². The fraction of sp³-hybridized carbons (Fsp3) is 0.409. The standard InChI is InChI=1S/C22H27FN4O3S/c1-27-11-8-22(23,9-12-27)15-30-19-7-10-24-21-20(19)18(14-25-21)17-5-3-16(4-6-17)13-26-31(2,28)29/h3-7,10,14,26H,8-9,11-13,15H2,1-2H3,(H,24,25). The van der Waals surface area contributed by atoms with Crippen LogP contribution in [0.25, 0.3) is 22.2 Å². The van der Waals surface area contributed by atoms with Gasteiger partial charge in [0.25, 0.3) is 0 Å². The number of H-pyrrole nitrogens is 1. The Morgan fingerprint density at radius 1 is 1.23 bits per heavy atom. The lowest BCUT2D eigenvalue weighted by Gasteiger charge is -2.34. The van der Waals surface area contributed by atoms with E-state index < -0.39 is 15.7 Å². The lowest BCUT2D eigenvalue weighted by Crippen LogP contribution is -2.43. The van der Waals surface area contributed by atoms with Gasteiger partial charge in [0.15, 0.2) is 0 Å². The molecule has 1 aliphatic rings. The summed E-state index contributed by atoms with van der Waals surface area (Å²) in [6, 6.07) is 9.36. The van der Waals surface area contributed by atoms with Gasteiger partial charge in [-0.2, -0.15) is 0 Å². The number of aromatic amines is 1. The molecule has 1 fully saturated rings. The number of benzene rings is 1. The Morgan fingerprint density at radius 3 is 2.61 bits per heavy atom. The summed E-state index contributed by atoms with van der Waals surface area (Å²) >= 11 is 0. The number of nitrogens with zero attached hydrogens (tertiary/aromatic N) is 2. The zero-order valence-electron chi connectivity index (χ0n) is 17.7. The summed E-state index contributed by atoms with van der Waals surface area (Å²) < 4.78 is 46.2. The van der Waals surface area contributed by atoms with Crippen molar-refractivity contribution in [1.29, 1.82) is 0 Å². The van der Waals surface area contributed by atoms with Gasteiger partial charge in [0.1, 0.15) is 23.7 Å². The van der Waals surface area contributed by atoms with Crippen molar-refractivity contribution in [2.75, 3.05) is 33.0 Å². The number of rotatable bonds is 7. The molecular weight excluding hydrogens is 419 g/mol. The minimum atomic E-state index is -3.25. The molecule has 166 valence electrons. The molecule has 0 radical (unpaired) electrons. The van der Waals surface area contributed by atoms with Crippen LogP contribution in [0.15, 0.2) is 42.7 Å². The van der Waals surface area contributed by atoms with E-state index in [1.165, 1.54) is 0 Å². The Morgan fingerprint density at radius 2 is 1.94 bits per heavy atom. The molecule has 1 saturated heterocycles. The van der Waals surface area contributed by atoms with Crippen LogP contribution in [0.4, 0.5) is 4.39 Å². The largest absolute Gasteiger partial charge is 0.489 e. The summed E-state index contributed by atoms with van der Waals surface area (Å²) in [5.41, 5.74) is 2.03. The minimum Gasteiger partial charge on any atom is -0.489 e. The molecule has 3 heterocycles. The Hall–Kier alpha value is -2.49. The number of ether oxygens (including phenoxy) is 1. The lowest BCUT2D eigenvalue weighted by atomic mass is 9.94. The number of pyridine rings is 1. The molecule has 0 amide bonds. The van der Waals surface area contributed by atoms with E-state index in [1.807, 2.05) is 37.5 Å². The van der Waals surface area contributed by atoms with Gasteiger partial charge in [-0.1, -0.05) is 24.3 Å². The van der Waals surface area contributed by atoms with E-state index in [9.17, 15) is 8.42 Å². The van der Waals surface area contributed by atoms with Gasteiger partial charge < -0.3 is 14.6 Å². The molecule has 3 aromatic rings. The molecular formula is C22H27FN4O3S. The average Bonchev–Trinajstić information content (AvgIpc) is 3.18. The van der Waals surface area contributed by atoms with Crippen LogP contribution in [-0.2, 0) is 16.6 Å². The van der Waals surface area contributed by atoms with Crippen molar-refractivity contribution in [3.05, 3.63) is 48.3 Å². The Balaban J connectivity index is 1.55. The third-order valence-electron chi connectivity index (χ3n) is 5.71. The fourth-order valence-corrected chi connectivity index (χ4v) is 4.19. The highest BCUT2D eigenvalue weighted by atomic mass is 32.2. The molecule has 0 saturated carbocycles. The topological polar surface area (TPSA) is 87.3 Å². The van der Waals surface area contributed by atoms with Gasteiger partial charge in [0, 0.05) is 37.6 Å². The van der Waals surface area contributed by atoms with Crippen molar-refractivity contribution >= 4 is 21.1 Å². The predicted octanol–water partition coefficient (Wildman–Crippen LogP) is 3.09. The predicted molar refractivity (Wildman–Crippen MR) is 119 cm³/mol. The fourth-order valence-electron chi connectivity index (χ4n) is 3.76. The Bertz CT molecular complexity index is 1150. The smallest absolute Gasteiger partial charge is 0.209 e. The first-order chi connectivity index (χ1) is 14.7. The molecule has 2 aromatic heterocycles. The Kier molecular flexibility index (Phi) is 6.00. The number of halogens is 1. The summed E-state index contributed by atoms with van der Waals surface area (Å²) in [4.78, 5) is 9.66. The molecule has 1 aromatic carbocycles. The molecule has 9 heteroatoms. The van der Waals surface area contributed by atoms with Gasteiger partial charge in [0.2, 0.25) is 10.0 Å². The summed E-state index contributed by atoms with van der Waals surface area (Å²) in [7, 11) is -1.25. The zero-order valence-corrected chi connectivity index (χ0v) is 18.5. The highest BCUT2D eigenvalue weighted by Crippen LogP contribution is 2.36.